The molecule has 1 aliphatic rings. The molecule has 1 aromatic heterocycles. The van der Waals surface area contributed by atoms with Crippen LogP contribution in [0.2, 0.25) is 5.15 Å². The van der Waals surface area contributed by atoms with Crippen molar-refractivity contribution in [3.63, 3.8) is 0 Å². The number of carbonyl (C=O) groups is 1. The van der Waals surface area contributed by atoms with Crippen LogP contribution in [-0.4, -0.2) is 54.9 Å². The number of alkyl halides is 3. The van der Waals surface area contributed by atoms with Gasteiger partial charge in [-0.15, -0.1) is 0 Å². The van der Waals surface area contributed by atoms with Crippen LogP contribution in [0, 0.1) is 0 Å². The summed E-state index contributed by atoms with van der Waals surface area (Å²) < 4.78 is 43.8. The number of piperazine rings is 1. The summed E-state index contributed by atoms with van der Waals surface area (Å²) in [4.78, 5) is 25.4. The van der Waals surface area contributed by atoms with Gasteiger partial charge in [-0.2, -0.15) is 13.2 Å². The third kappa shape index (κ3) is 7.42. The van der Waals surface area contributed by atoms with Crippen molar-refractivity contribution in [2.24, 2.45) is 0 Å². The number of thioether (sulfide) groups is 1. The maximum Gasteiger partial charge on any atom is 0.416 e. The second-order valence-corrected chi connectivity index (χ2v) is 9.60. The lowest BCUT2D eigenvalue weighted by Crippen LogP contribution is -2.46. The number of benzene rings is 2. The van der Waals surface area contributed by atoms with Gasteiger partial charge in [0, 0.05) is 44.5 Å². The van der Waals surface area contributed by atoms with Crippen LogP contribution in [0.25, 0.3) is 0 Å². The monoisotopic (exact) mass is 551 g/mol. The van der Waals surface area contributed by atoms with Gasteiger partial charge in [0.2, 0.25) is 5.91 Å². The standard InChI is InChI=1S/C25H25ClF3N5O2S/c1-36-20-7-5-19(6-8-20)33-9-11-34(12-10-33)22-14-21(26)31-24(32-22)37-16-23(35)30-15-17-3-2-4-18(13-17)25(27,28)29/h2-8,13-14H,9-12,15-16H2,1H3,(H,30,35). The number of nitrogens with one attached hydrogen (secondary N) is 1. The highest BCUT2D eigenvalue weighted by Crippen LogP contribution is 2.29. The molecular weight excluding hydrogens is 527 g/mol. The summed E-state index contributed by atoms with van der Waals surface area (Å²) in [5.74, 6) is 1.15. The Bertz CT molecular complexity index is 1220. The number of carbonyl (C=O) groups excluding carboxylic acids is 1. The van der Waals surface area contributed by atoms with Gasteiger partial charge >= 0.3 is 6.18 Å². The molecule has 2 aromatic carbocycles. The molecule has 3 aromatic rings. The normalized spacial score (nSPS) is 14.0. The first kappa shape index (κ1) is 26.9. The van der Waals surface area contributed by atoms with Gasteiger partial charge in [0.05, 0.1) is 18.4 Å². The highest BCUT2D eigenvalue weighted by Gasteiger charge is 2.30. The molecule has 0 radical (unpaired) electrons. The minimum absolute atomic E-state index is 0.00396. The van der Waals surface area contributed by atoms with Crippen molar-refractivity contribution in [3.05, 3.63) is 70.9 Å². The average Bonchev–Trinajstić information content (AvgIpc) is 2.90. The molecule has 0 aliphatic carbocycles. The van der Waals surface area contributed by atoms with E-state index in [2.05, 4.69) is 25.1 Å². The zero-order valence-corrected chi connectivity index (χ0v) is 21.5. The van der Waals surface area contributed by atoms with E-state index in [1.165, 1.54) is 12.1 Å². The molecule has 1 N–H and O–H groups in total. The number of anilines is 2. The zero-order valence-electron chi connectivity index (χ0n) is 20.0. The SMILES string of the molecule is COc1ccc(N2CCN(c3cc(Cl)nc(SCC(=O)NCc4cccc(C(F)(F)F)c4)n3)CC2)cc1. The van der Waals surface area contributed by atoms with Crippen LogP contribution in [0.5, 0.6) is 5.75 Å². The van der Waals surface area contributed by atoms with Crippen LogP contribution in [0.4, 0.5) is 24.7 Å². The van der Waals surface area contributed by atoms with Crippen molar-refractivity contribution >= 4 is 40.8 Å². The van der Waals surface area contributed by atoms with Crippen molar-refractivity contribution in [1.29, 1.82) is 0 Å². The maximum atomic E-state index is 12.9. The first-order valence-corrected chi connectivity index (χ1v) is 12.8. The number of amides is 1. The number of halogens is 4. The molecule has 12 heteroatoms. The van der Waals surface area contributed by atoms with Gasteiger partial charge in [0.15, 0.2) is 5.16 Å². The van der Waals surface area contributed by atoms with E-state index >= 15 is 0 Å². The molecule has 1 fully saturated rings. The van der Waals surface area contributed by atoms with Crippen LogP contribution in [0.1, 0.15) is 11.1 Å². The molecule has 2 heterocycles. The van der Waals surface area contributed by atoms with Gasteiger partial charge in [-0.25, -0.2) is 9.97 Å². The lowest BCUT2D eigenvalue weighted by Gasteiger charge is -2.36. The number of ether oxygens (including phenoxy) is 1. The van der Waals surface area contributed by atoms with Gasteiger partial charge < -0.3 is 19.9 Å². The minimum atomic E-state index is -4.43. The zero-order chi connectivity index (χ0) is 26.4. The summed E-state index contributed by atoms with van der Waals surface area (Å²) in [7, 11) is 1.64. The Morgan fingerprint density at radius 3 is 2.43 bits per heavy atom. The fourth-order valence-corrected chi connectivity index (χ4v) is 4.75. The van der Waals surface area contributed by atoms with Crippen LogP contribution in [0.3, 0.4) is 0 Å². The maximum absolute atomic E-state index is 12.9. The molecule has 1 saturated heterocycles. The number of methoxy groups -OCH3 is 1. The topological polar surface area (TPSA) is 70.6 Å². The fourth-order valence-electron chi connectivity index (χ4n) is 3.84. The molecule has 1 aliphatic heterocycles. The predicted octanol–water partition coefficient (Wildman–Crippen LogP) is 4.89. The largest absolute Gasteiger partial charge is 0.497 e. The van der Waals surface area contributed by atoms with Crippen molar-refractivity contribution in [2.45, 2.75) is 17.9 Å². The summed E-state index contributed by atoms with van der Waals surface area (Å²) >= 11 is 7.34. The average molecular weight is 552 g/mol. The van der Waals surface area contributed by atoms with E-state index in [-0.39, 0.29) is 23.4 Å². The van der Waals surface area contributed by atoms with E-state index in [1.54, 1.807) is 13.2 Å². The first-order chi connectivity index (χ1) is 17.7. The van der Waals surface area contributed by atoms with E-state index in [4.69, 9.17) is 16.3 Å². The Hall–Kier alpha value is -3.18. The Morgan fingerprint density at radius 2 is 1.76 bits per heavy atom. The summed E-state index contributed by atoms with van der Waals surface area (Å²) in [6.07, 6.45) is -4.43. The second kappa shape index (κ2) is 11.9. The molecule has 0 unspecified atom stereocenters. The van der Waals surface area contributed by atoms with Crippen LogP contribution in [0.15, 0.2) is 59.8 Å². The van der Waals surface area contributed by atoms with E-state index in [9.17, 15) is 18.0 Å². The summed E-state index contributed by atoms with van der Waals surface area (Å²) in [6.45, 7) is 3.06. The van der Waals surface area contributed by atoms with E-state index in [1.807, 2.05) is 24.3 Å². The molecule has 37 heavy (non-hydrogen) atoms. The van der Waals surface area contributed by atoms with Gasteiger partial charge in [-0.1, -0.05) is 35.5 Å². The van der Waals surface area contributed by atoms with Crippen molar-refractivity contribution in [2.75, 3.05) is 48.8 Å². The number of hydrogen-bond donors (Lipinski definition) is 1. The smallest absolute Gasteiger partial charge is 0.416 e. The third-order valence-corrected chi connectivity index (χ3v) is 6.82. The molecule has 196 valence electrons. The van der Waals surface area contributed by atoms with Crippen molar-refractivity contribution in [1.82, 2.24) is 15.3 Å². The molecule has 1 amide bonds. The van der Waals surface area contributed by atoms with Crippen LogP contribution in [-0.2, 0) is 17.5 Å². The second-order valence-electron chi connectivity index (χ2n) is 8.27. The number of aromatic nitrogens is 2. The van der Waals surface area contributed by atoms with E-state index in [0.29, 0.717) is 16.5 Å². The number of nitrogens with zero attached hydrogens (tertiary/aromatic N) is 4. The fraction of sp³-hybridized carbons (Fsp3) is 0.320. The van der Waals surface area contributed by atoms with E-state index in [0.717, 1.165) is 61.5 Å². The predicted molar refractivity (Wildman–Crippen MR) is 138 cm³/mol. The minimum Gasteiger partial charge on any atom is -0.497 e. The number of rotatable bonds is 8. The molecule has 4 rings (SSSR count). The molecule has 7 nitrogen and oxygen atoms in total. The van der Waals surface area contributed by atoms with Gasteiger partial charge in [-0.3, -0.25) is 4.79 Å². The third-order valence-electron chi connectivity index (χ3n) is 5.78. The number of hydrogen-bond acceptors (Lipinski definition) is 7. The van der Waals surface area contributed by atoms with Crippen molar-refractivity contribution < 1.29 is 22.7 Å². The highest BCUT2D eigenvalue weighted by molar-refractivity contribution is 7.99. The highest BCUT2D eigenvalue weighted by atomic mass is 35.5. The summed E-state index contributed by atoms with van der Waals surface area (Å²) in [6, 6.07) is 14.5. The lowest BCUT2D eigenvalue weighted by molar-refractivity contribution is -0.137. The molecule has 0 saturated carbocycles. The van der Waals surface area contributed by atoms with Gasteiger partial charge in [0.25, 0.3) is 0 Å². The Balaban J connectivity index is 1.29. The first-order valence-electron chi connectivity index (χ1n) is 11.5. The molecular formula is C25H25ClF3N5O2S. The quantitative estimate of drug-likeness (QED) is 0.243. The summed E-state index contributed by atoms with van der Waals surface area (Å²) in [5, 5.41) is 3.26. The summed E-state index contributed by atoms with van der Waals surface area (Å²) in [5.41, 5.74) is 0.732. The van der Waals surface area contributed by atoms with Crippen LogP contribution < -0.4 is 19.9 Å². The Kier molecular flexibility index (Phi) is 8.65. The van der Waals surface area contributed by atoms with Gasteiger partial charge in [-0.05, 0) is 42.0 Å². The lowest BCUT2D eigenvalue weighted by atomic mass is 10.1. The Labute approximate surface area is 222 Å². The van der Waals surface area contributed by atoms with Crippen molar-refractivity contribution in [3.8, 4) is 5.75 Å². The Morgan fingerprint density at radius 1 is 1.05 bits per heavy atom. The van der Waals surface area contributed by atoms with Crippen LogP contribution >= 0.6 is 23.4 Å². The molecule has 0 spiro atoms. The van der Waals surface area contributed by atoms with E-state index < -0.39 is 11.7 Å². The molecule has 0 atom stereocenters. The van der Waals surface area contributed by atoms with Gasteiger partial charge in [0.1, 0.15) is 16.7 Å². The molecule has 0 bridgehead atoms.